The lowest BCUT2D eigenvalue weighted by atomic mass is 10.1. The number of carboxylic acid groups (broad SMARTS) is 1. The minimum Gasteiger partial charge on any atom is -0.489 e. The summed E-state index contributed by atoms with van der Waals surface area (Å²) in [6.07, 6.45) is 4.34. The van der Waals surface area contributed by atoms with Crippen molar-refractivity contribution in [1.29, 1.82) is 0 Å². The van der Waals surface area contributed by atoms with Crippen LogP contribution in [0.15, 0.2) is 18.2 Å². The van der Waals surface area contributed by atoms with Crippen molar-refractivity contribution in [3.05, 3.63) is 23.8 Å². The third-order valence-corrected chi connectivity index (χ3v) is 5.14. The minimum absolute atomic E-state index is 0.0278. The smallest absolute Gasteiger partial charge is 0.335 e. The zero-order valence-electron chi connectivity index (χ0n) is 15.7. The molecule has 0 bridgehead atoms. The number of nitrogens with zero attached hydrogens (tertiary/aromatic N) is 1. The molecule has 7 heteroatoms. The molecule has 1 aromatic carbocycles. The van der Waals surface area contributed by atoms with Crippen LogP contribution in [0.5, 0.6) is 5.75 Å². The molecule has 2 fully saturated rings. The maximum absolute atomic E-state index is 12.7. The zero-order valence-corrected chi connectivity index (χ0v) is 15.7. The van der Waals surface area contributed by atoms with Gasteiger partial charge in [-0.1, -0.05) is 12.8 Å². The molecule has 3 rings (SSSR count). The largest absolute Gasteiger partial charge is 0.489 e. The van der Waals surface area contributed by atoms with E-state index in [1.54, 1.807) is 6.07 Å². The fraction of sp³-hybridized carbons (Fsp3) is 0.550. The summed E-state index contributed by atoms with van der Waals surface area (Å²) in [5.41, 5.74) is 0.386. The van der Waals surface area contributed by atoms with Crippen molar-refractivity contribution in [2.45, 2.75) is 58.1 Å². The van der Waals surface area contributed by atoms with Crippen LogP contribution in [-0.4, -0.2) is 46.5 Å². The van der Waals surface area contributed by atoms with Gasteiger partial charge in [0.2, 0.25) is 11.8 Å². The summed E-state index contributed by atoms with van der Waals surface area (Å²) in [5, 5.41) is 12.0. The van der Waals surface area contributed by atoms with Crippen LogP contribution in [0, 0.1) is 5.92 Å². The Balaban J connectivity index is 1.73. The molecular formula is C20H26N2O5. The van der Waals surface area contributed by atoms with E-state index in [0.29, 0.717) is 18.0 Å². The van der Waals surface area contributed by atoms with Gasteiger partial charge in [0.05, 0.1) is 23.3 Å². The summed E-state index contributed by atoms with van der Waals surface area (Å²) < 4.78 is 5.68. The van der Waals surface area contributed by atoms with Crippen LogP contribution >= 0.6 is 0 Å². The predicted molar refractivity (Wildman–Crippen MR) is 99.9 cm³/mol. The Morgan fingerprint density at radius 3 is 2.59 bits per heavy atom. The Morgan fingerprint density at radius 2 is 1.96 bits per heavy atom. The second kappa shape index (κ2) is 7.98. The number of ether oxygens (including phenoxy) is 1. The number of hydrogen-bond acceptors (Lipinski definition) is 4. The van der Waals surface area contributed by atoms with Crippen LogP contribution in [0.2, 0.25) is 0 Å². The monoisotopic (exact) mass is 374 g/mol. The van der Waals surface area contributed by atoms with Gasteiger partial charge in [0, 0.05) is 19.0 Å². The van der Waals surface area contributed by atoms with E-state index >= 15 is 0 Å². The molecule has 1 heterocycles. The number of carbonyl (C=O) groups excluding carboxylic acids is 2. The van der Waals surface area contributed by atoms with Gasteiger partial charge in [-0.05, 0) is 44.9 Å². The standard InChI is InChI=1S/C20H26N2O5/c1-12(2)27-17-8-7-13(20(25)26)9-16(17)21-19(24)14-10-18(23)22(11-14)15-5-3-4-6-15/h7-9,12,14-15H,3-6,10-11H2,1-2H3,(H,21,24)(H,25,26). The number of carboxylic acids is 1. The Hall–Kier alpha value is -2.57. The summed E-state index contributed by atoms with van der Waals surface area (Å²) in [6, 6.07) is 4.63. The van der Waals surface area contributed by atoms with Gasteiger partial charge in [-0.2, -0.15) is 0 Å². The van der Waals surface area contributed by atoms with E-state index in [2.05, 4.69) is 5.32 Å². The van der Waals surface area contributed by atoms with Gasteiger partial charge in [0.25, 0.3) is 0 Å². The topological polar surface area (TPSA) is 95.9 Å². The van der Waals surface area contributed by atoms with Gasteiger partial charge >= 0.3 is 5.97 Å². The highest BCUT2D eigenvalue weighted by molar-refractivity contribution is 5.99. The summed E-state index contributed by atoms with van der Waals surface area (Å²) in [4.78, 5) is 38.2. The van der Waals surface area contributed by atoms with E-state index < -0.39 is 11.9 Å². The quantitative estimate of drug-likeness (QED) is 0.798. The highest BCUT2D eigenvalue weighted by Gasteiger charge is 2.38. The summed E-state index contributed by atoms with van der Waals surface area (Å²) in [7, 11) is 0. The Kier molecular flexibility index (Phi) is 5.68. The molecule has 1 unspecified atom stereocenters. The summed E-state index contributed by atoms with van der Waals surface area (Å²) >= 11 is 0. The van der Waals surface area contributed by atoms with Crippen molar-refractivity contribution < 1.29 is 24.2 Å². The van der Waals surface area contributed by atoms with Crippen molar-refractivity contribution in [1.82, 2.24) is 4.90 Å². The number of likely N-dealkylation sites (tertiary alicyclic amines) is 1. The number of anilines is 1. The molecule has 2 aliphatic rings. The first kappa shape index (κ1) is 19.2. The highest BCUT2D eigenvalue weighted by Crippen LogP contribution is 2.32. The van der Waals surface area contributed by atoms with Crippen molar-refractivity contribution in [2.75, 3.05) is 11.9 Å². The van der Waals surface area contributed by atoms with Crippen molar-refractivity contribution >= 4 is 23.5 Å². The first-order chi connectivity index (χ1) is 12.8. The predicted octanol–water partition coefficient (Wildman–Crippen LogP) is 2.90. The first-order valence-electron chi connectivity index (χ1n) is 9.49. The van der Waals surface area contributed by atoms with Gasteiger partial charge in [-0.3, -0.25) is 9.59 Å². The van der Waals surface area contributed by atoms with Crippen LogP contribution in [0.25, 0.3) is 0 Å². The van der Waals surface area contributed by atoms with Gasteiger partial charge in [0.15, 0.2) is 0 Å². The average molecular weight is 374 g/mol. The number of amides is 2. The maximum atomic E-state index is 12.7. The molecule has 2 N–H and O–H groups in total. The molecule has 27 heavy (non-hydrogen) atoms. The minimum atomic E-state index is -1.08. The van der Waals surface area contributed by atoms with Crippen LogP contribution in [0.1, 0.15) is 56.3 Å². The average Bonchev–Trinajstić information content (AvgIpc) is 3.25. The lowest BCUT2D eigenvalue weighted by Gasteiger charge is -2.24. The van der Waals surface area contributed by atoms with E-state index in [-0.39, 0.29) is 35.9 Å². The number of hydrogen-bond donors (Lipinski definition) is 2. The molecule has 146 valence electrons. The van der Waals surface area contributed by atoms with Gasteiger partial charge < -0.3 is 20.1 Å². The van der Waals surface area contributed by atoms with Crippen molar-refractivity contribution in [2.24, 2.45) is 5.92 Å². The molecule has 1 saturated heterocycles. The molecule has 1 aliphatic heterocycles. The van der Waals surface area contributed by atoms with E-state index in [1.165, 1.54) is 12.1 Å². The molecular weight excluding hydrogens is 348 g/mol. The molecule has 2 amide bonds. The Morgan fingerprint density at radius 1 is 1.26 bits per heavy atom. The summed E-state index contributed by atoms with van der Waals surface area (Å²) in [6.45, 7) is 4.13. The third kappa shape index (κ3) is 4.40. The van der Waals surface area contributed by atoms with Crippen molar-refractivity contribution in [3.8, 4) is 5.75 Å². The number of carbonyl (C=O) groups is 3. The van der Waals surface area contributed by atoms with E-state index in [9.17, 15) is 19.5 Å². The number of benzene rings is 1. The number of aromatic carboxylic acids is 1. The Bertz CT molecular complexity index is 740. The molecule has 1 saturated carbocycles. The molecule has 0 aromatic heterocycles. The second-order valence-corrected chi connectivity index (χ2v) is 7.56. The molecule has 1 aromatic rings. The van der Waals surface area contributed by atoms with Gasteiger partial charge in [0.1, 0.15) is 5.75 Å². The van der Waals surface area contributed by atoms with E-state index in [0.717, 1.165) is 25.7 Å². The second-order valence-electron chi connectivity index (χ2n) is 7.56. The normalized spacial score (nSPS) is 20.3. The number of rotatable bonds is 6. The Labute approximate surface area is 158 Å². The SMILES string of the molecule is CC(C)Oc1ccc(C(=O)O)cc1NC(=O)C1CC(=O)N(C2CCCC2)C1. The molecule has 0 radical (unpaired) electrons. The highest BCUT2D eigenvalue weighted by atomic mass is 16.5. The fourth-order valence-electron chi connectivity index (χ4n) is 3.83. The van der Waals surface area contributed by atoms with Crippen LogP contribution < -0.4 is 10.1 Å². The lowest BCUT2D eigenvalue weighted by molar-refractivity contribution is -0.129. The van der Waals surface area contributed by atoms with E-state index in [4.69, 9.17) is 4.74 Å². The molecule has 0 spiro atoms. The van der Waals surface area contributed by atoms with Gasteiger partial charge in [-0.25, -0.2) is 4.79 Å². The molecule has 7 nitrogen and oxygen atoms in total. The zero-order chi connectivity index (χ0) is 19.6. The van der Waals surface area contributed by atoms with Gasteiger partial charge in [-0.15, -0.1) is 0 Å². The molecule has 1 aliphatic carbocycles. The van der Waals surface area contributed by atoms with E-state index in [1.807, 2.05) is 18.7 Å². The van der Waals surface area contributed by atoms with Crippen LogP contribution in [0.3, 0.4) is 0 Å². The third-order valence-electron chi connectivity index (χ3n) is 5.14. The van der Waals surface area contributed by atoms with Crippen LogP contribution in [0.4, 0.5) is 5.69 Å². The summed E-state index contributed by atoms with van der Waals surface area (Å²) in [5.74, 6) is -1.34. The van der Waals surface area contributed by atoms with Crippen LogP contribution in [-0.2, 0) is 9.59 Å². The maximum Gasteiger partial charge on any atom is 0.335 e. The fourth-order valence-corrected chi connectivity index (χ4v) is 3.83. The molecule has 1 atom stereocenters. The lowest BCUT2D eigenvalue weighted by Crippen LogP contribution is -2.35. The number of nitrogens with one attached hydrogen (secondary N) is 1. The first-order valence-corrected chi connectivity index (χ1v) is 9.49. The van der Waals surface area contributed by atoms with Crippen molar-refractivity contribution in [3.63, 3.8) is 0 Å².